The van der Waals surface area contributed by atoms with Gasteiger partial charge < -0.3 is 24.8 Å². The SMILES string of the molecule is COC1(C(=O)Nc2ccc3c(c2)c(-c2ccnc(OC(C)C)c2)nn3C(c2ccccc2)(c2ccccc2)c2ccccc2)CCN(C(=O)O)C1. The van der Waals surface area contributed by atoms with E-state index in [0.29, 0.717) is 17.3 Å². The predicted octanol–water partition coefficient (Wildman–Crippen LogP) is 7.43. The summed E-state index contributed by atoms with van der Waals surface area (Å²) in [7, 11) is 1.44. The minimum atomic E-state index is -1.31. The Hall–Kier alpha value is -6.00. The van der Waals surface area contributed by atoms with Crippen LogP contribution in [0.2, 0.25) is 0 Å². The van der Waals surface area contributed by atoms with Crippen LogP contribution in [0.4, 0.5) is 10.5 Å². The van der Waals surface area contributed by atoms with Crippen LogP contribution < -0.4 is 10.1 Å². The molecular weight excluding hydrogens is 642 g/mol. The summed E-state index contributed by atoms with van der Waals surface area (Å²) in [5, 5.41) is 18.8. The fourth-order valence-electron chi connectivity index (χ4n) is 7.07. The second-order valence-electron chi connectivity index (χ2n) is 13.0. The highest BCUT2D eigenvalue weighted by Crippen LogP contribution is 2.44. The van der Waals surface area contributed by atoms with Gasteiger partial charge in [0.05, 0.1) is 18.2 Å². The van der Waals surface area contributed by atoms with Crippen molar-refractivity contribution in [2.45, 2.75) is 37.5 Å². The molecule has 1 fully saturated rings. The van der Waals surface area contributed by atoms with Crippen molar-refractivity contribution in [2.24, 2.45) is 0 Å². The summed E-state index contributed by atoms with van der Waals surface area (Å²) in [5.41, 5.74) is 3.64. The first-order valence-electron chi connectivity index (χ1n) is 16.9. The standard InChI is InChI=1S/C41H39N5O5/c1-28(2)51-36-25-29(21-23-42-36)37-34-26-33(43-38(47)40(50-3)22-24-45(27-40)39(48)49)19-20-35(34)46(44-37)41(30-13-7-4-8-14-30,31-15-9-5-10-16-31)32-17-11-6-12-18-32/h4-21,23,25-26,28H,22,24,27H2,1-3H3,(H,43,47)(H,48,49). The highest BCUT2D eigenvalue weighted by Gasteiger charge is 2.47. The molecule has 4 aromatic carbocycles. The van der Waals surface area contributed by atoms with E-state index in [9.17, 15) is 14.7 Å². The third-order valence-corrected chi connectivity index (χ3v) is 9.50. The molecule has 1 aliphatic heterocycles. The number of aromatic nitrogens is 3. The van der Waals surface area contributed by atoms with E-state index in [1.54, 1.807) is 6.20 Å². The van der Waals surface area contributed by atoms with Gasteiger partial charge in [-0.25, -0.2) is 14.5 Å². The zero-order valence-electron chi connectivity index (χ0n) is 28.7. The number of methoxy groups -OCH3 is 1. The molecule has 2 N–H and O–H groups in total. The lowest BCUT2D eigenvalue weighted by Crippen LogP contribution is -2.47. The van der Waals surface area contributed by atoms with Crippen molar-refractivity contribution in [2.75, 3.05) is 25.5 Å². The second-order valence-corrected chi connectivity index (χ2v) is 13.0. The normalized spacial score (nSPS) is 16.0. The summed E-state index contributed by atoms with van der Waals surface area (Å²) in [4.78, 5) is 31.1. The molecule has 6 aromatic rings. The number of nitrogens with one attached hydrogen (secondary N) is 1. The van der Waals surface area contributed by atoms with E-state index in [1.807, 2.05) is 98.8 Å². The molecule has 51 heavy (non-hydrogen) atoms. The van der Waals surface area contributed by atoms with Gasteiger partial charge in [-0.3, -0.25) is 4.79 Å². The molecule has 0 saturated carbocycles. The largest absolute Gasteiger partial charge is 0.475 e. The van der Waals surface area contributed by atoms with Crippen molar-refractivity contribution >= 4 is 28.6 Å². The highest BCUT2D eigenvalue weighted by molar-refractivity contribution is 6.02. The van der Waals surface area contributed by atoms with Gasteiger partial charge >= 0.3 is 6.09 Å². The minimum Gasteiger partial charge on any atom is -0.475 e. The van der Waals surface area contributed by atoms with E-state index in [4.69, 9.17) is 14.6 Å². The van der Waals surface area contributed by atoms with Crippen LogP contribution >= 0.6 is 0 Å². The lowest BCUT2D eigenvalue weighted by molar-refractivity contribution is -0.136. The molecular formula is C41H39N5O5. The number of benzene rings is 4. The Morgan fingerprint density at radius 1 is 0.863 bits per heavy atom. The smallest absolute Gasteiger partial charge is 0.407 e. The first-order valence-corrected chi connectivity index (χ1v) is 16.9. The third-order valence-electron chi connectivity index (χ3n) is 9.50. The topological polar surface area (TPSA) is 119 Å². The van der Waals surface area contributed by atoms with Crippen LogP contribution in [0.3, 0.4) is 0 Å². The molecule has 0 spiro atoms. The minimum absolute atomic E-state index is 0.0561. The second kappa shape index (κ2) is 13.7. The van der Waals surface area contributed by atoms with E-state index in [2.05, 4.69) is 51.4 Å². The zero-order valence-corrected chi connectivity index (χ0v) is 28.7. The van der Waals surface area contributed by atoms with Crippen LogP contribution in [0, 0.1) is 0 Å². The number of pyridine rings is 1. The molecule has 10 nitrogen and oxygen atoms in total. The summed E-state index contributed by atoms with van der Waals surface area (Å²) >= 11 is 0. The van der Waals surface area contributed by atoms with E-state index in [1.165, 1.54) is 12.0 Å². The van der Waals surface area contributed by atoms with Gasteiger partial charge in [-0.05, 0) is 54.8 Å². The maximum Gasteiger partial charge on any atom is 0.407 e. The third kappa shape index (κ3) is 6.08. The number of nitrogens with zero attached hydrogens (tertiary/aromatic N) is 4. The summed E-state index contributed by atoms with van der Waals surface area (Å²) in [5.74, 6) is 0.0622. The van der Waals surface area contributed by atoms with Gasteiger partial charge in [0, 0.05) is 49.0 Å². The number of carbonyl (C=O) groups excluding carboxylic acids is 1. The van der Waals surface area contributed by atoms with Crippen LogP contribution in [-0.4, -0.2) is 68.7 Å². The lowest BCUT2D eigenvalue weighted by Gasteiger charge is -2.37. The van der Waals surface area contributed by atoms with E-state index in [0.717, 1.165) is 33.2 Å². The molecule has 0 bridgehead atoms. The van der Waals surface area contributed by atoms with Crippen LogP contribution in [0.1, 0.15) is 37.0 Å². The molecule has 7 rings (SSSR count). The molecule has 1 atom stereocenters. The van der Waals surface area contributed by atoms with E-state index in [-0.39, 0.29) is 25.6 Å². The fraction of sp³-hybridized carbons (Fsp3) is 0.220. The molecule has 2 amide bonds. The Morgan fingerprint density at radius 2 is 1.47 bits per heavy atom. The van der Waals surface area contributed by atoms with Crippen molar-refractivity contribution < 1.29 is 24.2 Å². The lowest BCUT2D eigenvalue weighted by atomic mass is 9.77. The van der Waals surface area contributed by atoms with E-state index < -0.39 is 23.1 Å². The van der Waals surface area contributed by atoms with Crippen molar-refractivity contribution in [3.8, 4) is 17.1 Å². The highest BCUT2D eigenvalue weighted by atomic mass is 16.5. The number of hydrogen-bond acceptors (Lipinski definition) is 6. The Bertz CT molecular complexity index is 2070. The Morgan fingerprint density at radius 3 is 2.00 bits per heavy atom. The Balaban J connectivity index is 1.47. The molecule has 0 aliphatic carbocycles. The van der Waals surface area contributed by atoms with E-state index >= 15 is 0 Å². The summed E-state index contributed by atoms with van der Waals surface area (Å²) in [6.07, 6.45) is 0.790. The van der Waals surface area contributed by atoms with Gasteiger partial charge in [-0.1, -0.05) is 91.0 Å². The number of amides is 2. The molecule has 1 saturated heterocycles. The number of likely N-dealkylation sites (tertiary alicyclic amines) is 1. The quantitative estimate of drug-likeness (QED) is 0.144. The number of carboxylic acid groups (broad SMARTS) is 1. The molecule has 0 radical (unpaired) electrons. The fourth-order valence-corrected chi connectivity index (χ4v) is 7.07. The average Bonchev–Trinajstić information content (AvgIpc) is 3.77. The van der Waals surface area contributed by atoms with Crippen LogP contribution in [0.25, 0.3) is 22.2 Å². The van der Waals surface area contributed by atoms with Crippen LogP contribution in [0.5, 0.6) is 5.88 Å². The van der Waals surface area contributed by atoms with Crippen molar-refractivity contribution in [3.63, 3.8) is 0 Å². The Labute approximate surface area is 296 Å². The van der Waals surface area contributed by atoms with Gasteiger partial charge in [-0.15, -0.1) is 0 Å². The maximum atomic E-state index is 13.8. The number of fused-ring (bicyclic) bond motifs is 1. The average molecular weight is 682 g/mol. The number of anilines is 1. The summed E-state index contributed by atoms with van der Waals surface area (Å²) in [6.45, 7) is 4.05. The van der Waals surface area contributed by atoms with Crippen molar-refractivity contribution in [1.29, 1.82) is 0 Å². The molecule has 258 valence electrons. The Kier molecular flexibility index (Phi) is 9.01. The predicted molar refractivity (Wildman–Crippen MR) is 196 cm³/mol. The van der Waals surface area contributed by atoms with Gasteiger partial charge in [0.1, 0.15) is 11.2 Å². The molecule has 3 heterocycles. The monoisotopic (exact) mass is 681 g/mol. The van der Waals surface area contributed by atoms with Gasteiger partial charge in [0.2, 0.25) is 5.88 Å². The number of rotatable bonds is 10. The first kappa shape index (κ1) is 33.5. The number of carbonyl (C=O) groups is 2. The summed E-state index contributed by atoms with van der Waals surface area (Å²) in [6, 6.07) is 40.5. The number of hydrogen-bond donors (Lipinski definition) is 2. The van der Waals surface area contributed by atoms with Crippen LogP contribution in [0.15, 0.2) is 128 Å². The molecule has 10 heteroatoms. The van der Waals surface area contributed by atoms with Crippen LogP contribution in [-0.2, 0) is 15.1 Å². The van der Waals surface area contributed by atoms with Gasteiger partial charge in [0.15, 0.2) is 5.60 Å². The summed E-state index contributed by atoms with van der Waals surface area (Å²) < 4.78 is 13.7. The van der Waals surface area contributed by atoms with Crippen molar-refractivity contribution in [1.82, 2.24) is 19.7 Å². The molecule has 2 aromatic heterocycles. The zero-order chi connectivity index (χ0) is 35.6. The van der Waals surface area contributed by atoms with Crippen molar-refractivity contribution in [3.05, 3.63) is 144 Å². The molecule has 1 aliphatic rings. The van der Waals surface area contributed by atoms with Gasteiger partial charge in [-0.2, -0.15) is 5.10 Å². The number of ether oxygens (including phenoxy) is 2. The van der Waals surface area contributed by atoms with Gasteiger partial charge in [0.25, 0.3) is 5.91 Å². The molecule has 1 unspecified atom stereocenters. The first-order chi connectivity index (χ1) is 24.7. The maximum absolute atomic E-state index is 13.8.